The lowest BCUT2D eigenvalue weighted by atomic mass is 10.1. The van der Waals surface area contributed by atoms with E-state index in [0.29, 0.717) is 6.61 Å². The van der Waals surface area contributed by atoms with Gasteiger partial charge in [-0.3, -0.25) is 0 Å². The molecule has 1 aromatic heterocycles. The molecule has 0 aliphatic heterocycles. The Labute approximate surface area is 120 Å². The zero-order valence-corrected chi connectivity index (χ0v) is 12.5. The Kier molecular flexibility index (Phi) is 5.18. The quantitative estimate of drug-likeness (QED) is 0.843. The van der Waals surface area contributed by atoms with Crippen LogP contribution in [-0.2, 0) is 13.0 Å². The maximum Gasteiger partial charge on any atom is 0.124 e. The molecular formula is C16H23N3O. The van der Waals surface area contributed by atoms with Crippen LogP contribution in [0.3, 0.4) is 0 Å². The molecule has 4 nitrogen and oxygen atoms in total. The van der Waals surface area contributed by atoms with Crippen LogP contribution in [0.5, 0.6) is 5.75 Å². The maximum atomic E-state index is 5.73. The molecule has 1 unspecified atom stereocenters. The highest BCUT2D eigenvalue weighted by Crippen LogP contribution is 2.26. The molecule has 2 aromatic rings. The standard InChI is InChI=1S/C16H23N3O/c1-4-16-18-10-11-19(16)12-14(17-3)13-8-6-7-9-15(13)20-5-2/h6-11,14,17H,4-5,12H2,1-3H3. The average molecular weight is 273 g/mol. The van der Waals surface area contributed by atoms with Crippen LogP contribution in [0, 0.1) is 0 Å². The fourth-order valence-electron chi connectivity index (χ4n) is 2.42. The SMILES string of the molecule is CCOc1ccccc1C(Cn1ccnc1CC)NC. The summed E-state index contributed by atoms with van der Waals surface area (Å²) in [6, 6.07) is 8.41. The number of likely N-dealkylation sites (N-methyl/N-ethyl adjacent to an activating group) is 1. The average Bonchev–Trinajstić information content (AvgIpc) is 2.93. The molecular weight excluding hydrogens is 250 g/mol. The van der Waals surface area contributed by atoms with Crippen molar-refractivity contribution in [3.8, 4) is 5.75 Å². The summed E-state index contributed by atoms with van der Waals surface area (Å²) < 4.78 is 7.93. The van der Waals surface area contributed by atoms with Crippen molar-refractivity contribution in [2.24, 2.45) is 0 Å². The molecule has 1 N–H and O–H groups in total. The van der Waals surface area contributed by atoms with Gasteiger partial charge in [-0.1, -0.05) is 25.1 Å². The molecule has 1 atom stereocenters. The smallest absolute Gasteiger partial charge is 0.124 e. The van der Waals surface area contributed by atoms with E-state index in [1.54, 1.807) is 0 Å². The summed E-state index contributed by atoms with van der Waals surface area (Å²) in [5.41, 5.74) is 1.19. The monoisotopic (exact) mass is 273 g/mol. The summed E-state index contributed by atoms with van der Waals surface area (Å²) >= 11 is 0. The van der Waals surface area contributed by atoms with Gasteiger partial charge in [0.2, 0.25) is 0 Å². The Bertz CT molecular complexity index is 536. The summed E-state index contributed by atoms with van der Waals surface area (Å²) in [6.07, 6.45) is 4.84. The lowest BCUT2D eigenvalue weighted by Gasteiger charge is -2.21. The third-order valence-electron chi connectivity index (χ3n) is 3.44. The number of para-hydroxylation sites is 1. The molecule has 0 aliphatic rings. The zero-order chi connectivity index (χ0) is 14.4. The van der Waals surface area contributed by atoms with E-state index in [9.17, 15) is 0 Å². The number of imidazole rings is 1. The Hall–Kier alpha value is -1.81. The van der Waals surface area contributed by atoms with E-state index in [2.05, 4.69) is 33.9 Å². The van der Waals surface area contributed by atoms with E-state index in [1.807, 2.05) is 38.5 Å². The second-order valence-corrected chi connectivity index (χ2v) is 4.66. The van der Waals surface area contributed by atoms with Crippen LogP contribution in [0.2, 0.25) is 0 Å². The number of hydrogen-bond acceptors (Lipinski definition) is 3. The van der Waals surface area contributed by atoms with E-state index < -0.39 is 0 Å². The zero-order valence-electron chi connectivity index (χ0n) is 12.5. The highest BCUT2D eigenvalue weighted by molar-refractivity contribution is 5.36. The van der Waals surface area contributed by atoms with Gasteiger partial charge in [-0.05, 0) is 20.0 Å². The molecule has 1 aromatic carbocycles. The number of hydrogen-bond donors (Lipinski definition) is 1. The van der Waals surface area contributed by atoms with Crippen molar-refractivity contribution < 1.29 is 4.74 Å². The molecule has 1 heterocycles. The van der Waals surface area contributed by atoms with Crippen molar-refractivity contribution in [2.75, 3.05) is 13.7 Å². The molecule has 0 saturated carbocycles. The molecule has 0 radical (unpaired) electrons. The first-order chi connectivity index (χ1) is 9.80. The van der Waals surface area contributed by atoms with Gasteiger partial charge in [0, 0.05) is 30.9 Å². The molecule has 4 heteroatoms. The number of aromatic nitrogens is 2. The Balaban J connectivity index is 2.24. The van der Waals surface area contributed by atoms with Gasteiger partial charge in [0.25, 0.3) is 0 Å². The predicted octanol–water partition coefficient (Wildman–Crippen LogP) is 2.80. The van der Waals surface area contributed by atoms with Crippen LogP contribution in [0.15, 0.2) is 36.7 Å². The van der Waals surface area contributed by atoms with Gasteiger partial charge in [0.15, 0.2) is 0 Å². The van der Waals surface area contributed by atoms with Crippen LogP contribution >= 0.6 is 0 Å². The predicted molar refractivity (Wildman–Crippen MR) is 81.0 cm³/mol. The Morgan fingerprint density at radius 1 is 1.30 bits per heavy atom. The van der Waals surface area contributed by atoms with Gasteiger partial charge in [-0.25, -0.2) is 4.98 Å². The third kappa shape index (κ3) is 3.20. The van der Waals surface area contributed by atoms with Crippen molar-refractivity contribution in [1.82, 2.24) is 14.9 Å². The summed E-state index contributed by atoms with van der Waals surface area (Å²) in [4.78, 5) is 4.38. The highest BCUT2D eigenvalue weighted by atomic mass is 16.5. The minimum Gasteiger partial charge on any atom is -0.494 e. The first-order valence-electron chi connectivity index (χ1n) is 7.19. The van der Waals surface area contributed by atoms with E-state index in [0.717, 1.165) is 24.5 Å². The largest absolute Gasteiger partial charge is 0.494 e. The molecule has 0 bridgehead atoms. The first-order valence-corrected chi connectivity index (χ1v) is 7.19. The van der Waals surface area contributed by atoms with Crippen molar-refractivity contribution in [2.45, 2.75) is 32.9 Å². The van der Waals surface area contributed by atoms with Crippen LogP contribution in [0.4, 0.5) is 0 Å². The van der Waals surface area contributed by atoms with Crippen LogP contribution in [0.1, 0.15) is 31.3 Å². The van der Waals surface area contributed by atoms with Gasteiger partial charge in [-0.2, -0.15) is 0 Å². The first kappa shape index (κ1) is 14.6. The fraction of sp³-hybridized carbons (Fsp3) is 0.438. The van der Waals surface area contributed by atoms with E-state index in [4.69, 9.17) is 4.74 Å². The normalized spacial score (nSPS) is 12.3. The van der Waals surface area contributed by atoms with Crippen LogP contribution in [0.25, 0.3) is 0 Å². The molecule has 2 rings (SSSR count). The maximum absolute atomic E-state index is 5.73. The topological polar surface area (TPSA) is 39.1 Å². The van der Waals surface area contributed by atoms with Gasteiger partial charge in [-0.15, -0.1) is 0 Å². The summed E-state index contributed by atoms with van der Waals surface area (Å²) in [5, 5.41) is 3.38. The Morgan fingerprint density at radius 2 is 2.10 bits per heavy atom. The van der Waals surface area contributed by atoms with Gasteiger partial charge in [0.1, 0.15) is 11.6 Å². The molecule has 0 fully saturated rings. The molecule has 20 heavy (non-hydrogen) atoms. The van der Waals surface area contributed by atoms with E-state index >= 15 is 0 Å². The van der Waals surface area contributed by atoms with E-state index in [-0.39, 0.29) is 6.04 Å². The van der Waals surface area contributed by atoms with Crippen molar-refractivity contribution in [3.05, 3.63) is 48.0 Å². The van der Waals surface area contributed by atoms with Gasteiger partial charge >= 0.3 is 0 Å². The lowest BCUT2D eigenvalue weighted by molar-refractivity contribution is 0.329. The lowest BCUT2D eigenvalue weighted by Crippen LogP contribution is -2.23. The summed E-state index contributed by atoms with van der Waals surface area (Å²) in [5.74, 6) is 2.06. The van der Waals surface area contributed by atoms with Gasteiger partial charge < -0.3 is 14.6 Å². The third-order valence-corrected chi connectivity index (χ3v) is 3.44. The van der Waals surface area contributed by atoms with E-state index in [1.165, 1.54) is 5.56 Å². The summed E-state index contributed by atoms with van der Waals surface area (Å²) in [6.45, 7) is 5.67. The molecule has 108 valence electrons. The summed E-state index contributed by atoms with van der Waals surface area (Å²) in [7, 11) is 1.98. The molecule has 0 aliphatic carbocycles. The van der Waals surface area contributed by atoms with Crippen molar-refractivity contribution in [1.29, 1.82) is 0 Å². The minimum atomic E-state index is 0.206. The Morgan fingerprint density at radius 3 is 2.80 bits per heavy atom. The van der Waals surface area contributed by atoms with Crippen molar-refractivity contribution >= 4 is 0 Å². The second kappa shape index (κ2) is 7.10. The van der Waals surface area contributed by atoms with Crippen LogP contribution < -0.4 is 10.1 Å². The number of nitrogens with zero attached hydrogens (tertiary/aromatic N) is 2. The molecule has 0 amide bonds. The van der Waals surface area contributed by atoms with Crippen molar-refractivity contribution in [3.63, 3.8) is 0 Å². The van der Waals surface area contributed by atoms with Gasteiger partial charge in [0.05, 0.1) is 12.6 Å². The number of rotatable bonds is 7. The number of ether oxygens (including phenoxy) is 1. The fourth-order valence-corrected chi connectivity index (χ4v) is 2.42. The highest BCUT2D eigenvalue weighted by Gasteiger charge is 2.15. The molecule has 0 spiro atoms. The van der Waals surface area contributed by atoms with Crippen LogP contribution in [-0.4, -0.2) is 23.2 Å². The second-order valence-electron chi connectivity index (χ2n) is 4.66. The molecule has 0 saturated heterocycles. The minimum absolute atomic E-state index is 0.206. The number of aryl methyl sites for hydroxylation is 1. The number of benzene rings is 1. The number of nitrogens with one attached hydrogen (secondary N) is 1.